The number of aryl methyl sites for hydroxylation is 1. The first-order valence-corrected chi connectivity index (χ1v) is 14.5. The second-order valence-corrected chi connectivity index (χ2v) is 12.2. The Kier molecular flexibility index (Phi) is 8.11. The fourth-order valence-electron chi connectivity index (χ4n) is 5.09. The van der Waals surface area contributed by atoms with Crippen molar-refractivity contribution in [1.29, 1.82) is 0 Å². The van der Waals surface area contributed by atoms with E-state index in [1.807, 2.05) is 6.07 Å². The minimum atomic E-state index is -1.27. The molecule has 0 bridgehead atoms. The molecule has 1 unspecified atom stereocenters. The number of fused-ring (bicyclic) bond motifs is 2. The van der Waals surface area contributed by atoms with Crippen LogP contribution in [0.1, 0.15) is 58.1 Å². The Bertz CT molecular complexity index is 1370. The molecule has 2 aliphatic rings. The molecule has 8 nitrogen and oxygen atoms in total. The first-order chi connectivity index (χ1) is 18.4. The number of rotatable bonds is 11. The highest BCUT2D eigenvalue weighted by Crippen LogP contribution is 2.36. The number of aldehydes is 1. The van der Waals surface area contributed by atoms with Crippen LogP contribution in [0.25, 0.3) is 9.40 Å². The van der Waals surface area contributed by atoms with Crippen LogP contribution in [0, 0.1) is 5.92 Å². The Morgan fingerprint density at radius 1 is 1.16 bits per heavy atom. The van der Waals surface area contributed by atoms with E-state index in [9.17, 15) is 24.3 Å². The lowest BCUT2D eigenvalue weighted by Crippen LogP contribution is -2.45. The molecule has 1 amide bonds. The summed E-state index contributed by atoms with van der Waals surface area (Å²) in [5.74, 6) is -2.17. The zero-order valence-corrected chi connectivity index (χ0v) is 22.4. The topological polar surface area (TPSA) is 125 Å². The van der Waals surface area contributed by atoms with Crippen molar-refractivity contribution in [2.24, 2.45) is 10.9 Å². The van der Waals surface area contributed by atoms with E-state index in [1.165, 1.54) is 35.5 Å². The molecule has 0 spiro atoms. The van der Waals surface area contributed by atoms with E-state index in [-0.39, 0.29) is 24.3 Å². The summed E-state index contributed by atoms with van der Waals surface area (Å²) in [6, 6.07) is 9.70. The van der Waals surface area contributed by atoms with Gasteiger partial charge in [0.25, 0.3) is 5.91 Å². The van der Waals surface area contributed by atoms with Crippen molar-refractivity contribution >= 4 is 67.4 Å². The van der Waals surface area contributed by atoms with Gasteiger partial charge in [-0.05, 0) is 74.9 Å². The van der Waals surface area contributed by atoms with Crippen LogP contribution in [0.15, 0.2) is 41.4 Å². The van der Waals surface area contributed by atoms with Gasteiger partial charge in [-0.2, -0.15) is 0 Å². The molecule has 1 fully saturated rings. The molecule has 1 aromatic carbocycles. The zero-order valence-electron chi connectivity index (χ0n) is 20.8. The molecular formula is C28H29N3O5S2. The average molecular weight is 552 g/mol. The molecule has 10 heteroatoms. The third-order valence-electron chi connectivity index (χ3n) is 7.24. The number of piperidine rings is 1. The summed E-state index contributed by atoms with van der Waals surface area (Å²) in [7, 11) is 0. The highest BCUT2D eigenvalue weighted by Gasteiger charge is 2.33. The first-order valence-electron chi connectivity index (χ1n) is 12.9. The minimum absolute atomic E-state index is 0.0165. The molecule has 2 atom stereocenters. The van der Waals surface area contributed by atoms with Gasteiger partial charge in [0.15, 0.2) is 5.78 Å². The van der Waals surface area contributed by atoms with Crippen molar-refractivity contribution in [3.63, 3.8) is 0 Å². The van der Waals surface area contributed by atoms with E-state index in [2.05, 4.69) is 21.7 Å². The number of hydrogen-bond donors (Lipinski definition) is 3. The highest BCUT2D eigenvalue weighted by atomic mass is 32.2. The number of nitrogens with zero attached hydrogens (tertiary/aromatic N) is 1. The van der Waals surface area contributed by atoms with Gasteiger partial charge in [-0.3, -0.25) is 9.59 Å². The minimum Gasteiger partial charge on any atom is -0.480 e. The smallest absolute Gasteiger partial charge is 0.326 e. The van der Waals surface area contributed by atoms with Crippen LogP contribution >= 0.6 is 22.7 Å². The molecule has 2 aliphatic heterocycles. The van der Waals surface area contributed by atoms with Crippen LogP contribution in [0.2, 0.25) is 0 Å². The van der Waals surface area contributed by atoms with Crippen molar-refractivity contribution in [2.45, 2.75) is 50.5 Å². The predicted molar refractivity (Wildman–Crippen MR) is 149 cm³/mol. The summed E-state index contributed by atoms with van der Waals surface area (Å²) >= 11 is 3.18. The van der Waals surface area contributed by atoms with Crippen molar-refractivity contribution in [3.8, 4) is 0 Å². The number of aliphatic imine (C=N–C) groups is 1. The van der Waals surface area contributed by atoms with Crippen molar-refractivity contribution < 1.29 is 24.3 Å². The summed E-state index contributed by atoms with van der Waals surface area (Å²) in [5.41, 5.74) is 1.10. The van der Waals surface area contributed by atoms with Crippen LogP contribution in [0.3, 0.4) is 0 Å². The first kappa shape index (κ1) is 26.4. The van der Waals surface area contributed by atoms with Gasteiger partial charge in [0, 0.05) is 16.7 Å². The Labute approximate surface area is 228 Å². The zero-order chi connectivity index (χ0) is 26.6. The Hall–Kier alpha value is -3.21. The van der Waals surface area contributed by atoms with Crippen LogP contribution in [0.5, 0.6) is 0 Å². The van der Waals surface area contributed by atoms with Crippen molar-refractivity contribution in [1.82, 2.24) is 10.6 Å². The van der Waals surface area contributed by atoms with E-state index in [0.29, 0.717) is 22.4 Å². The third-order valence-corrected chi connectivity index (χ3v) is 9.73. The molecule has 0 radical (unpaired) electrons. The van der Waals surface area contributed by atoms with Crippen LogP contribution in [-0.2, 0) is 20.8 Å². The Morgan fingerprint density at radius 2 is 1.95 bits per heavy atom. The molecular weight excluding hydrogens is 522 g/mol. The van der Waals surface area contributed by atoms with Crippen LogP contribution < -0.4 is 10.6 Å². The summed E-state index contributed by atoms with van der Waals surface area (Å²) < 4.78 is 1.11. The molecule has 4 heterocycles. The van der Waals surface area contributed by atoms with Crippen LogP contribution in [0.4, 0.5) is 5.69 Å². The highest BCUT2D eigenvalue weighted by molar-refractivity contribution is 7.39. The number of Topliss-reactive ketones (excluding diaryl/α,β-unsaturated/α-hetero) is 1. The monoisotopic (exact) mass is 551 g/mol. The lowest BCUT2D eigenvalue weighted by Gasteiger charge is -2.22. The molecule has 1 saturated heterocycles. The number of nitrogens with one attached hydrogen (secondary N) is 2. The van der Waals surface area contributed by atoms with Gasteiger partial charge in [-0.25, -0.2) is 9.79 Å². The fraction of sp³-hybridized carbons (Fsp3) is 0.393. The summed E-state index contributed by atoms with van der Waals surface area (Å²) in [5, 5.41) is 16.6. The van der Waals surface area contributed by atoms with Crippen molar-refractivity contribution in [2.75, 3.05) is 13.1 Å². The van der Waals surface area contributed by atoms with Gasteiger partial charge in [-0.15, -0.1) is 22.7 Å². The van der Waals surface area contributed by atoms with Gasteiger partial charge in [-0.1, -0.05) is 18.2 Å². The Morgan fingerprint density at radius 3 is 2.68 bits per heavy atom. The normalized spacial score (nSPS) is 18.1. The molecule has 0 saturated carbocycles. The maximum Gasteiger partial charge on any atom is 0.326 e. The summed E-state index contributed by atoms with van der Waals surface area (Å²) in [6.45, 7) is 2.20. The standard InChI is InChI=1S/C28H29N3O5S2/c32-15-20-19-3-1-2-4-21(19)30-25(20)26(34)31-22(27(35)36)7-8-23(33)24-14-17-13-18(37-28(17)38-24)6-5-16-9-11-29-12-10-16/h1-4,13-16,20,22,29H,5-12H2,(H,31,34)(H,35,36)/t20?,22-/m0/s1. The fourth-order valence-corrected chi connectivity index (χ4v) is 7.56. The van der Waals surface area contributed by atoms with E-state index >= 15 is 0 Å². The van der Waals surface area contributed by atoms with Crippen molar-refractivity contribution in [3.05, 3.63) is 51.7 Å². The van der Waals surface area contributed by atoms with E-state index < -0.39 is 23.8 Å². The number of hydrogen-bond acceptors (Lipinski definition) is 8. The van der Waals surface area contributed by atoms with E-state index in [0.717, 1.165) is 34.8 Å². The lowest BCUT2D eigenvalue weighted by molar-refractivity contribution is -0.141. The SMILES string of the molecule is O=CC1C(C(=O)N[C@@H](CCC(=O)c2cc3cc(CCC4CCNCC4)sc3s2)C(=O)O)=Nc2ccccc21. The molecule has 3 N–H and O–H groups in total. The average Bonchev–Trinajstić information content (AvgIpc) is 3.61. The number of carbonyl (C=O) groups excluding carboxylic acids is 3. The summed E-state index contributed by atoms with van der Waals surface area (Å²) in [6.07, 6.45) is 5.27. The summed E-state index contributed by atoms with van der Waals surface area (Å²) in [4.78, 5) is 55.4. The quantitative estimate of drug-likeness (QED) is 0.238. The lowest BCUT2D eigenvalue weighted by atomic mass is 9.93. The van der Waals surface area contributed by atoms with Gasteiger partial charge in [0.05, 0.1) is 20.5 Å². The van der Waals surface area contributed by atoms with Gasteiger partial charge in [0.1, 0.15) is 18.0 Å². The number of ketones is 1. The number of thiophene rings is 2. The van der Waals surface area contributed by atoms with E-state index in [1.54, 1.807) is 35.6 Å². The number of carbonyl (C=O) groups is 4. The molecule has 3 aromatic rings. The van der Waals surface area contributed by atoms with Gasteiger partial charge < -0.3 is 20.5 Å². The third kappa shape index (κ3) is 5.77. The number of benzene rings is 1. The molecule has 5 rings (SSSR count). The molecule has 198 valence electrons. The predicted octanol–water partition coefficient (Wildman–Crippen LogP) is 4.50. The van der Waals surface area contributed by atoms with Gasteiger partial charge >= 0.3 is 5.97 Å². The van der Waals surface area contributed by atoms with E-state index in [4.69, 9.17) is 0 Å². The second kappa shape index (κ2) is 11.7. The van der Waals surface area contributed by atoms with Crippen LogP contribution in [-0.4, -0.2) is 53.9 Å². The number of para-hydroxylation sites is 1. The molecule has 0 aliphatic carbocycles. The maximum atomic E-state index is 12.9. The maximum absolute atomic E-state index is 12.9. The largest absolute Gasteiger partial charge is 0.480 e. The number of carboxylic acid groups (broad SMARTS) is 1. The molecule has 38 heavy (non-hydrogen) atoms. The molecule has 2 aromatic heterocycles. The van der Waals surface area contributed by atoms with Gasteiger partial charge in [0.2, 0.25) is 0 Å². The number of amides is 1. The second-order valence-electron chi connectivity index (χ2n) is 9.79. The number of aliphatic carboxylic acids is 1. The number of carboxylic acids is 1. The Balaban J connectivity index is 1.17.